The highest BCUT2D eigenvalue weighted by Gasteiger charge is 2.27. The summed E-state index contributed by atoms with van der Waals surface area (Å²) >= 11 is 0. The molecule has 1 fully saturated rings. The molecule has 0 spiro atoms. The van der Waals surface area contributed by atoms with Crippen LogP contribution in [0.3, 0.4) is 0 Å². The molecule has 3 nitrogen and oxygen atoms in total. The molecule has 0 aromatic heterocycles. The van der Waals surface area contributed by atoms with Crippen molar-refractivity contribution < 1.29 is 9.59 Å². The summed E-state index contributed by atoms with van der Waals surface area (Å²) < 4.78 is 0. The van der Waals surface area contributed by atoms with Crippen molar-refractivity contribution in [2.24, 2.45) is 0 Å². The number of amides is 2. The molecule has 0 aliphatic carbocycles. The highest BCUT2D eigenvalue weighted by Crippen LogP contribution is 2.10. The number of nitrogens with zero attached hydrogens (tertiary/aromatic N) is 1. The van der Waals surface area contributed by atoms with Crippen molar-refractivity contribution in [2.75, 3.05) is 0 Å². The molecule has 1 aliphatic rings. The Morgan fingerprint density at radius 3 is 2.50 bits per heavy atom. The predicted molar refractivity (Wildman–Crippen MR) is 47.9 cm³/mol. The molecular formula is C8H12BNO2. The highest BCUT2D eigenvalue weighted by atomic mass is 16.2. The Hall–Kier alpha value is -1.06. The molecule has 64 valence electrons. The van der Waals surface area contributed by atoms with Gasteiger partial charge >= 0.3 is 0 Å². The van der Waals surface area contributed by atoms with E-state index in [0.717, 1.165) is 6.32 Å². The van der Waals surface area contributed by atoms with Gasteiger partial charge in [-0.05, 0) is 13.2 Å². The lowest BCUT2D eigenvalue weighted by Gasteiger charge is -2.10. The number of carbonyl (C=O) groups is 2. The molecule has 0 unspecified atom stereocenters. The monoisotopic (exact) mass is 165 g/mol. The third-order valence-electron chi connectivity index (χ3n) is 1.91. The van der Waals surface area contributed by atoms with E-state index < -0.39 is 0 Å². The molecule has 0 atom stereocenters. The van der Waals surface area contributed by atoms with Gasteiger partial charge in [0.2, 0.25) is 11.8 Å². The van der Waals surface area contributed by atoms with Gasteiger partial charge in [-0.2, -0.15) is 0 Å². The van der Waals surface area contributed by atoms with E-state index in [-0.39, 0.29) is 11.8 Å². The van der Waals surface area contributed by atoms with Gasteiger partial charge in [0.1, 0.15) is 0 Å². The fraction of sp³-hybridized carbons (Fsp3) is 0.500. The van der Waals surface area contributed by atoms with Crippen LogP contribution < -0.4 is 0 Å². The van der Waals surface area contributed by atoms with Gasteiger partial charge in [-0.15, -0.1) is 0 Å². The standard InChI is InChI=1S/C8H12BNO2/c1-2-3-6-9-10-7(11)4-5-8(10)12/h2-3,9H,4-6H2,1H3. The molecule has 4 heteroatoms. The Morgan fingerprint density at radius 2 is 2.00 bits per heavy atom. The van der Waals surface area contributed by atoms with Crippen LogP contribution in [0, 0.1) is 0 Å². The molecule has 1 saturated heterocycles. The molecule has 0 bridgehead atoms. The van der Waals surface area contributed by atoms with Gasteiger partial charge in [0.25, 0.3) is 7.41 Å². The van der Waals surface area contributed by atoms with Gasteiger partial charge in [-0.3, -0.25) is 9.59 Å². The van der Waals surface area contributed by atoms with Gasteiger partial charge in [-0.1, -0.05) is 12.2 Å². The lowest BCUT2D eigenvalue weighted by molar-refractivity contribution is -0.132. The molecule has 2 amide bonds. The number of rotatable bonds is 3. The van der Waals surface area contributed by atoms with Gasteiger partial charge < -0.3 is 4.81 Å². The van der Waals surface area contributed by atoms with Crippen LogP contribution in [0.25, 0.3) is 0 Å². The first-order chi connectivity index (χ1) is 5.75. The summed E-state index contributed by atoms with van der Waals surface area (Å²) in [5.74, 6) is -0.0472. The summed E-state index contributed by atoms with van der Waals surface area (Å²) in [5, 5.41) is 0. The van der Waals surface area contributed by atoms with Crippen LogP contribution in [0.4, 0.5) is 0 Å². The van der Waals surface area contributed by atoms with E-state index in [1.165, 1.54) is 4.81 Å². The molecule has 0 N–H and O–H groups in total. The average Bonchev–Trinajstić information content (AvgIpc) is 2.35. The summed E-state index contributed by atoms with van der Waals surface area (Å²) in [6, 6.07) is 0. The highest BCUT2D eigenvalue weighted by molar-refractivity contribution is 6.44. The number of allylic oxidation sites excluding steroid dienone is 2. The van der Waals surface area contributed by atoms with Gasteiger partial charge in [0.05, 0.1) is 0 Å². The topological polar surface area (TPSA) is 37.4 Å². The zero-order valence-electron chi connectivity index (χ0n) is 7.25. The molecule has 0 saturated carbocycles. The van der Waals surface area contributed by atoms with E-state index in [1.807, 2.05) is 19.1 Å². The number of carbonyl (C=O) groups excluding carboxylic acids is 2. The van der Waals surface area contributed by atoms with E-state index in [9.17, 15) is 9.59 Å². The molecular weight excluding hydrogens is 153 g/mol. The van der Waals surface area contributed by atoms with Crippen molar-refractivity contribution in [1.29, 1.82) is 0 Å². The van der Waals surface area contributed by atoms with Crippen molar-refractivity contribution in [3.63, 3.8) is 0 Å². The van der Waals surface area contributed by atoms with Crippen LogP contribution in [-0.4, -0.2) is 24.0 Å². The van der Waals surface area contributed by atoms with Crippen LogP contribution in [0.15, 0.2) is 12.2 Å². The molecule has 0 aromatic rings. The second-order valence-electron chi connectivity index (χ2n) is 2.80. The first-order valence-electron chi connectivity index (χ1n) is 4.20. The van der Waals surface area contributed by atoms with Gasteiger partial charge in [0.15, 0.2) is 0 Å². The van der Waals surface area contributed by atoms with E-state index in [2.05, 4.69) is 0 Å². The summed E-state index contributed by atoms with van der Waals surface area (Å²) in [7, 11) is 0.544. The second kappa shape index (κ2) is 4.09. The van der Waals surface area contributed by atoms with Crippen molar-refractivity contribution in [3.05, 3.63) is 12.2 Å². The van der Waals surface area contributed by atoms with E-state index in [0.29, 0.717) is 20.3 Å². The fourth-order valence-corrected chi connectivity index (χ4v) is 1.24. The van der Waals surface area contributed by atoms with Crippen LogP contribution in [0.2, 0.25) is 6.32 Å². The first kappa shape index (κ1) is 9.04. The van der Waals surface area contributed by atoms with Crippen LogP contribution in [-0.2, 0) is 9.59 Å². The number of imide groups is 1. The Morgan fingerprint density at radius 1 is 1.42 bits per heavy atom. The van der Waals surface area contributed by atoms with E-state index >= 15 is 0 Å². The van der Waals surface area contributed by atoms with Crippen LogP contribution >= 0.6 is 0 Å². The Kier molecular flexibility index (Phi) is 3.08. The third kappa shape index (κ3) is 1.97. The number of hydrogen-bond acceptors (Lipinski definition) is 2. The maximum atomic E-state index is 11.1. The SMILES string of the molecule is CC=CCBN1C(=O)CCC1=O. The predicted octanol–water partition coefficient (Wildman–Crippen LogP) is 0.481. The van der Waals surface area contributed by atoms with Crippen LogP contribution in [0.1, 0.15) is 19.8 Å². The molecule has 0 radical (unpaired) electrons. The number of hydrogen-bond donors (Lipinski definition) is 0. The zero-order valence-corrected chi connectivity index (χ0v) is 7.25. The molecule has 1 rings (SSSR count). The normalized spacial score (nSPS) is 17.9. The fourth-order valence-electron chi connectivity index (χ4n) is 1.24. The lowest BCUT2D eigenvalue weighted by Crippen LogP contribution is -2.32. The van der Waals surface area contributed by atoms with E-state index in [4.69, 9.17) is 0 Å². The Balaban J connectivity index is 2.39. The zero-order chi connectivity index (χ0) is 8.97. The molecule has 12 heavy (non-hydrogen) atoms. The minimum absolute atomic E-state index is 0.0236. The van der Waals surface area contributed by atoms with Crippen molar-refractivity contribution in [2.45, 2.75) is 26.1 Å². The Labute approximate surface area is 72.7 Å². The minimum atomic E-state index is -0.0236. The Bertz CT molecular complexity index is 209. The summed E-state index contributed by atoms with van der Waals surface area (Å²) in [6.45, 7) is 1.92. The largest absolute Gasteiger partial charge is 0.333 e. The van der Waals surface area contributed by atoms with Crippen LogP contribution in [0.5, 0.6) is 0 Å². The van der Waals surface area contributed by atoms with Crippen molar-refractivity contribution >= 4 is 19.2 Å². The van der Waals surface area contributed by atoms with Crippen molar-refractivity contribution in [1.82, 2.24) is 4.81 Å². The first-order valence-corrected chi connectivity index (χ1v) is 4.20. The van der Waals surface area contributed by atoms with Crippen molar-refractivity contribution in [3.8, 4) is 0 Å². The smallest absolute Gasteiger partial charge is 0.253 e. The summed E-state index contributed by atoms with van der Waals surface area (Å²) in [6.07, 6.45) is 5.45. The molecule has 0 aromatic carbocycles. The minimum Gasteiger partial charge on any atom is -0.333 e. The summed E-state index contributed by atoms with van der Waals surface area (Å²) in [5.41, 5.74) is 0. The van der Waals surface area contributed by atoms with E-state index in [1.54, 1.807) is 0 Å². The quantitative estimate of drug-likeness (QED) is 0.346. The molecule has 1 heterocycles. The maximum absolute atomic E-state index is 11.1. The second-order valence-corrected chi connectivity index (χ2v) is 2.80. The maximum Gasteiger partial charge on any atom is 0.253 e. The van der Waals surface area contributed by atoms with Gasteiger partial charge in [0, 0.05) is 12.8 Å². The average molecular weight is 165 g/mol. The lowest BCUT2D eigenvalue weighted by atomic mass is 9.86. The molecule has 1 aliphatic heterocycles. The van der Waals surface area contributed by atoms with Gasteiger partial charge in [-0.25, -0.2) is 0 Å². The third-order valence-corrected chi connectivity index (χ3v) is 1.91. The summed E-state index contributed by atoms with van der Waals surface area (Å²) in [4.78, 5) is 23.5.